The van der Waals surface area contributed by atoms with E-state index in [1.165, 1.54) is 32.2 Å². The lowest BCUT2D eigenvalue weighted by Gasteiger charge is -2.19. The lowest BCUT2D eigenvalue weighted by atomic mass is 10.1. The van der Waals surface area contributed by atoms with Crippen molar-refractivity contribution in [2.45, 2.75) is 44.6 Å². The molecule has 1 amide bonds. The number of aliphatic imine (C=N–C) groups is 1. The van der Waals surface area contributed by atoms with Gasteiger partial charge in [0.1, 0.15) is 0 Å². The normalized spacial score (nSPS) is 17.6. The van der Waals surface area contributed by atoms with Crippen molar-refractivity contribution in [3.8, 4) is 0 Å². The average Bonchev–Trinajstić information content (AvgIpc) is 3.03. The third-order valence-electron chi connectivity index (χ3n) is 4.83. The summed E-state index contributed by atoms with van der Waals surface area (Å²) in [6.07, 6.45) is 6.73. The first-order chi connectivity index (χ1) is 13.1. The van der Waals surface area contributed by atoms with Gasteiger partial charge in [0.15, 0.2) is 5.96 Å². The SMILES string of the molecule is CN=C(NCCCCCCCN(C)C)NC1CC(=O)N(c2ccccc2)C1. The Hall–Kier alpha value is -2.08. The summed E-state index contributed by atoms with van der Waals surface area (Å²) in [5.41, 5.74) is 0.962. The van der Waals surface area contributed by atoms with Crippen molar-refractivity contribution in [2.75, 3.05) is 45.7 Å². The summed E-state index contributed by atoms with van der Waals surface area (Å²) >= 11 is 0. The molecule has 27 heavy (non-hydrogen) atoms. The molecule has 0 saturated carbocycles. The van der Waals surface area contributed by atoms with Crippen LogP contribution in [0.5, 0.6) is 0 Å². The molecule has 1 aliphatic heterocycles. The summed E-state index contributed by atoms with van der Waals surface area (Å²) in [7, 11) is 6.03. The Morgan fingerprint density at radius 3 is 2.56 bits per heavy atom. The molecule has 1 aromatic rings. The van der Waals surface area contributed by atoms with Crippen molar-refractivity contribution in [3.05, 3.63) is 30.3 Å². The van der Waals surface area contributed by atoms with Crippen LogP contribution in [0, 0.1) is 0 Å². The molecule has 150 valence electrons. The minimum atomic E-state index is 0.0925. The zero-order valence-electron chi connectivity index (χ0n) is 17.1. The van der Waals surface area contributed by atoms with Crippen LogP contribution in [0.25, 0.3) is 0 Å². The van der Waals surface area contributed by atoms with Crippen molar-refractivity contribution in [3.63, 3.8) is 0 Å². The molecular formula is C21H35N5O. The second-order valence-corrected chi connectivity index (χ2v) is 7.46. The van der Waals surface area contributed by atoms with Crippen LogP contribution in [0.15, 0.2) is 35.3 Å². The number of hydrogen-bond acceptors (Lipinski definition) is 3. The van der Waals surface area contributed by atoms with Gasteiger partial charge in [-0.1, -0.05) is 37.5 Å². The summed E-state index contributed by atoms with van der Waals surface area (Å²) in [5.74, 6) is 0.946. The number of benzene rings is 1. The highest BCUT2D eigenvalue weighted by Crippen LogP contribution is 2.20. The molecule has 1 aromatic carbocycles. The van der Waals surface area contributed by atoms with Crippen LogP contribution in [0.1, 0.15) is 38.5 Å². The van der Waals surface area contributed by atoms with Gasteiger partial charge in [0.25, 0.3) is 0 Å². The van der Waals surface area contributed by atoms with Gasteiger partial charge < -0.3 is 20.4 Å². The maximum Gasteiger partial charge on any atom is 0.229 e. The molecule has 1 saturated heterocycles. The number of carbonyl (C=O) groups excluding carboxylic acids is 1. The highest BCUT2D eigenvalue weighted by Gasteiger charge is 2.30. The monoisotopic (exact) mass is 373 g/mol. The van der Waals surface area contributed by atoms with E-state index < -0.39 is 0 Å². The van der Waals surface area contributed by atoms with Gasteiger partial charge in [0.2, 0.25) is 5.91 Å². The van der Waals surface area contributed by atoms with Gasteiger partial charge in [-0.2, -0.15) is 0 Å². The molecule has 0 radical (unpaired) electrons. The zero-order valence-corrected chi connectivity index (χ0v) is 17.1. The molecule has 6 nitrogen and oxygen atoms in total. The maximum atomic E-state index is 12.3. The first kappa shape index (κ1) is 21.2. The number of para-hydroxylation sites is 1. The Balaban J connectivity index is 1.63. The van der Waals surface area contributed by atoms with E-state index in [-0.39, 0.29) is 11.9 Å². The molecule has 0 aromatic heterocycles. The number of nitrogens with zero attached hydrogens (tertiary/aromatic N) is 3. The lowest BCUT2D eigenvalue weighted by Crippen LogP contribution is -2.44. The number of rotatable bonds is 10. The van der Waals surface area contributed by atoms with Gasteiger partial charge in [-0.05, 0) is 45.6 Å². The third kappa shape index (κ3) is 7.59. The number of amides is 1. The minimum Gasteiger partial charge on any atom is -0.356 e. The molecule has 0 aliphatic carbocycles. The van der Waals surface area contributed by atoms with E-state index in [9.17, 15) is 4.79 Å². The Morgan fingerprint density at radius 1 is 1.15 bits per heavy atom. The van der Waals surface area contributed by atoms with Gasteiger partial charge in [-0.25, -0.2) is 0 Å². The highest BCUT2D eigenvalue weighted by atomic mass is 16.2. The summed E-state index contributed by atoms with van der Waals surface area (Å²) in [6.45, 7) is 2.76. The molecule has 0 bridgehead atoms. The standard InChI is InChI=1S/C21H35N5O/c1-22-21(23-14-10-5-4-6-11-15-25(2)3)24-18-16-20(27)26(17-18)19-12-8-7-9-13-19/h7-9,12-13,18H,4-6,10-11,14-17H2,1-3H3,(H2,22,23,24). The Labute approximate surface area is 164 Å². The summed E-state index contributed by atoms with van der Waals surface area (Å²) in [6, 6.07) is 9.94. The zero-order chi connectivity index (χ0) is 19.5. The van der Waals surface area contributed by atoms with Crippen molar-refractivity contribution in [1.82, 2.24) is 15.5 Å². The van der Waals surface area contributed by atoms with Crippen LogP contribution in [0.4, 0.5) is 5.69 Å². The smallest absolute Gasteiger partial charge is 0.229 e. The number of nitrogens with one attached hydrogen (secondary N) is 2. The van der Waals surface area contributed by atoms with E-state index in [1.54, 1.807) is 7.05 Å². The molecule has 2 rings (SSSR count). The van der Waals surface area contributed by atoms with Crippen molar-refractivity contribution >= 4 is 17.6 Å². The number of unbranched alkanes of at least 4 members (excludes halogenated alkanes) is 4. The number of carbonyl (C=O) groups is 1. The second-order valence-electron chi connectivity index (χ2n) is 7.46. The Morgan fingerprint density at radius 2 is 1.85 bits per heavy atom. The third-order valence-corrected chi connectivity index (χ3v) is 4.83. The topological polar surface area (TPSA) is 60.0 Å². The molecular weight excluding hydrogens is 338 g/mol. The summed E-state index contributed by atoms with van der Waals surface area (Å²) in [4.78, 5) is 20.7. The van der Waals surface area contributed by atoms with Crippen LogP contribution >= 0.6 is 0 Å². The molecule has 1 unspecified atom stereocenters. The predicted molar refractivity (Wildman–Crippen MR) is 113 cm³/mol. The fraction of sp³-hybridized carbons (Fsp3) is 0.619. The average molecular weight is 374 g/mol. The summed E-state index contributed by atoms with van der Waals surface area (Å²) in [5, 5.41) is 6.77. The van der Waals surface area contributed by atoms with E-state index in [2.05, 4.69) is 34.6 Å². The number of anilines is 1. The largest absolute Gasteiger partial charge is 0.356 e. The van der Waals surface area contributed by atoms with Crippen LogP contribution < -0.4 is 15.5 Å². The fourth-order valence-corrected chi connectivity index (χ4v) is 3.34. The van der Waals surface area contributed by atoms with Crippen LogP contribution in [-0.4, -0.2) is 63.6 Å². The van der Waals surface area contributed by atoms with Crippen molar-refractivity contribution in [2.24, 2.45) is 4.99 Å². The van der Waals surface area contributed by atoms with E-state index in [0.717, 1.165) is 24.6 Å². The van der Waals surface area contributed by atoms with Gasteiger partial charge in [0, 0.05) is 32.2 Å². The van der Waals surface area contributed by atoms with Crippen LogP contribution in [-0.2, 0) is 4.79 Å². The Kier molecular flexibility index (Phi) is 9.11. The van der Waals surface area contributed by atoms with Crippen LogP contribution in [0.2, 0.25) is 0 Å². The highest BCUT2D eigenvalue weighted by molar-refractivity contribution is 5.97. The van der Waals surface area contributed by atoms with E-state index in [0.29, 0.717) is 13.0 Å². The van der Waals surface area contributed by atoms with Crippen molar-refractivity contribution < 1.29 is 4.79 Å². The number of guanidine groups is 1. The van der Waals surface area contributed by atoms with Gasteiger partial charge in [-0.15, -0.1) is 0 Å². The molecule has 2 N–H and O–H groups in total. The van der Waals surface area contributed by atoms with Gasteiger partial charge in [-0.3, -0.25) is 9.79 Å². The molecule has 1 atom stereocenters. The Bertz CT molecular complexity index is 587. The minimum absolute atomic E-state index is 0.0925. The van der Waals surface area contributed by atoms with Gasteiger partial charge >= 0.3 is 0 Å². The van der Waals surface area contributed by atoms with E-state index in [1.807, 2.05) is 35.2 Å². The van der Waals surface area contributed by atoms with Crippen LogP contribution in [0.3, 0.4) is 0 Å². The summed E-state index contributed by atoms with van der Waals surface area (Å²) < 4.78 is 0. The molecule has 6 heteroatoms. The fourth-order valence-electron chi connectivity index (χ4n) is 3.34. The lowest BCUT2D eigenvalue weighted by molar-refractivity contribution is -0.117. The first-order valence-corrected chi connectivity index (χ1v) is 10.1. The molecule has 1 aliphatic rings. The molecule has 0 spiro atoms. The van der Waals surface area contributed by atoms with E-state index >= 15 is 0 Å². The van der Waals surface area contributed by atoms with Crippen molar-refractivity contribution in [1.29, 1.82) is 0 Å². The molecule has 1 fully saturated rings. The quantitative estimate of drug-likeness (QED) is 0.376. The first-order valence-electron chi connectivity index (χ1n) is 10.1. The van der Waals surface area contributed by atoms with Gasteiger partial charge in [0.05, 0.1) is 6.04 Å². The maximum absolute atomic E-state index is 12.3. The molecule has 1 heterocycles. The number of hydrogen-bond donors (Lipinski definition) is 2. The van der Waals surface area contributed by atoms with E-state index in [4.69, 9.17) is 0 Å². The predicted octanol–water partition coefficient (Wildman–Crippen LogP) is 2.47. The second kappa shape index (κ2) is 11.6.